The van der Waals surface area contributed by atoms with Gasteiger partial charge >= 0.3 is 0 Å². The Kier molecular flexibility index (Phi) is 6.72. The SMILES string of the molecule is O=C(Nc1ccc(SC2CC(=O)N(c3ccc(N=Nc4ccccc4)cc3)C2=O)cc1)c1ccco1. The Morgan fingerprint density at radius 3 is 2.22 bits per heavy atom. The topological polar surface area (TPSA) is 104 Å². The van der Waals surface area contributed by atoms with Crippen molar-refractivity contribution in [2.45, 2.75) is 16.6 Å². The summed E-state index contributed by atoms with van der Waals surface area (Å²) in [5, 5.41) is 10.6. The number of amides is 3. The lowest BCUT2D eigenvalue weighted by Crippen LogP contribution is -2.30. The van der Waals surface area contributed by atoms with Gasteiger partial charge in [0, 0.05) is 17.0 Å². The van der Waals surface area contributed by atoms with Gasteiger partial charge in [-0.3, -0.25) is 14.4 Å². The molecule has 36 heavy (non-hydrogen) atoms. The van der Waals surface area contributed by atoms with Crippen LogP contribution in [0.4, 0.5) is 22.7 Å². The fraction of sp³-hybridized carbons (Fsp3) is 0.0741. The Bertz CT molecular complexity index is 1400. The number of nitrogens with zero attached hydrogens (tertiary/aromatic N) is 3. The van der Waals surface area contributed by atoms with Gasteiger partial charge in [0.2, 0.25) is 11.8 Å². The fourth-order valence-electron chi connectivity index (χ4n) is 3.63. The van der Waals surface area contributed by atoms with Crippen LogP contribution < -0.4 is 10.2 Å². The molecule has 8 nitrogen and oxygen atoms in total. The zero-order valence-electron chi connectivity index (χ0n) is 18.9. The number of hydrogen-bond donors (Lipinski definition) is 1. The number of benzene rings is 3. The van der Waals surface area contributed by atoms with Crippen LogP contribution in [0.2, 0.25) is 0 Å². The van der Waals surface area contributed by atoms with Gasteiger partial charge in [0.15, 0.2) is 5.76 Å². The number of rotatable bonds is 7. The first-order valence-corrected chi connectivity index (χ1v) is 12.0. The molecule has 0 saturated carbocycles. The highest BCUT2D eigenvalue weighted by atomic mass is 32.2. The van der Waals surface area contributed by atoms with Gasteiger partial charge in [-0.05, 0) is 72.8 Å². The summed E-state index contributed by atoms with van der Waals surface area (Å²) in [5.74, 6) is -0.645. The molecule has 9 heteroatoms. The van der Waals surface area contributed by atoms with E-state index in [0.29, 0.717) is 17.1 Å². The first-order chi connectivity index (χ1) is 17.6. The zero-order valence-corrected chi connectivity index (χ0v) is 19.7. The largest absolute Gasteiger partial charge is 0.459 e. The van der Waals surface area contributed by atoms with Crippen LogP contribution >= 0.6 is 11.8 Å². The van der Waals surface area contributed by atoms with Crippen LogP contribution in [0.1, 0.15) is 17.0 Å². The van der Waals surface area contributed by atoms with E-state index in [9.17, 15) is 14.4 Å². The van der Waals surface area contributed by atoms with E-state index in [1.165, 1.54) is 22.9 Å². The molecule has 2 heterocycles. The fourth-order valence-corrected chi connectivity index (χ4v) is 4.68. The average molecular weight is 497 g/mol. The number of furan rings is 1. The highest BCUT2D eigenvalue weighted by Gasteiger charge is 2.40. The second-order valence-electron chi connectivity index (χ2n) is 7.89. The molecule has 1 aliphatic rings. The third-order valence-electron chi connectivity index (χ3n) is 5.39. The van der Waals surface area contributed by atoms with Crippen molar-refractivity contribution in [1.29, 1.82) is 0 Å². The molecule has 1 saturated heterocycles. The molecule has 1 N–H and O–H groups in total. The minimum Gasteiger partial charge on any atom is -0.459 e. The summed E-state index contributed by atoms with van der Waals surface area (Å²) in [5.41, 5.74) is 2.45. The van der Waals surface area contributed by atoms with E-state index in [1.54, 1.807) is 60.7 Å². The van der Waals surface area contributed by atoms with E-state index in [0.717, 1.165) is 10.6 Å². The molecule has 1 atom stereocenters. The molecule has 1 fully saturated rings. The molecular formula is C27H20N4O4S. The second kappa shape index (κ2) is 10.4. The van der Waals surface area contributed by atoms with Gasteiger partial charge in [-0.25, -0.2) is 4.90 Å². The van der Waals surface area contributed by atoms with E-state index in [1.807, 2.05) is 30.3 Å². The summed E-state index contributed by atoms with van der Waals surface area (Å²) in [6, 6.07) is 26.5. The Balaban J connectivity index is 1.21. The van der Waals surface area contributed by atoms with Crippen LogP contribution in [0.3, 0.4) is 0 Å². The van der Waals surface area contributed by atoms with E-state index < -0.39 is 5.25 Å². The van der Waals surface area contributed by atoms with Crippen molar-refractivity contribution >= 4 is 52.2 Å². The number of azo groups is 1. The van der Waals surface area contributed by atoms with E-state index in [-0.39, 0.29) is 29.9 Å². The van der Waals surface area contributed by atoms with Crippen LogP contribution in [0.25, 0.3) is 0 Å². The third-order valence-corrected chi connectivity index (χ3v) is 6.58. The Morgan fingerprint density at radius 2 is 1.56 bits per heavy atom. The summed E-state index contributed by atoms with van der Waals surface area (Å²) in [6.45, 7) is 0. The van der Waals surface area contributed by atoms with Crippen LogP contribution in [-0.4, -0.2) is 23.0 Å². The molecule has 1 unspecified atom stereocenters. The predicted molar refractivity (Wildman–Crippen MR) is 137 cm³/mol. The standard InChI is InChI=1S/C27H20N4O4S/c32-25-17-24(36-22-14-10-18(11-15-22)28-26(33)23-7-4-16-35-23)27(34)31(25)21-12-8-20(9-13-21)30-29-19-5-2-1-3-6-19/h1-16,24H,17H2,(H,28,33). The number of carbonyl (C=O) groups excluding carboxylic acids is 3. The predicted octanol–water partition coefficient (Wildman–Crippen LogP) is 6.37. The van der Waals surface area contributed by atoms with Crippen molar-refractivity contribution < 1.29 is 18.8 Å². The van der Waals surface area contributed by atoms with Gasteiger partial charge in [-0.2, -0.15) is 10.2 Å². The Morgan fingerprint density at radius 1 is 0.861 bits per heavy atom. The summed E-state index contributed by atoms with van der Waals surface area (Å²) in [4.78, 5) is 39.8. The minimum atomic E-state index is -0.529. The molecule has 0 bridgehead atoms. The first-order valence-electron chi connectivity index (χ1n) is 11.1. The van der Waals surface area contributed by atoms with Crippen molar-refractivity contribution in [1.82, 2.24) is 0 Å². The number of carbonyl (C=O) groups is 3. The number of hydrogen-bond acceptors (Lipinski definition) is 7. The molecule has 0 aliphatic carbocycles. The van der Waals surface area contributed by atoms with E-state index in [2.05, 4.69) is 15.5 Å². The Hall–Kier alpha value is -4.50. The van der Waals surface area contributed by atoms with Gasteiger partial charge in [-0.15, -0.1) is 11.8 Å². The molecule has 3 aromatic carbocycles. The number of nitrogens with one attached hydrogen (secondary N) is 1. The number of imide groups is 1. The van der Waals surface area contributed by atoms with Crippen molar-refractivity contribution in [3.8, 4) is 0 Å². The maximum absolute atomic E-state index is 13.0. The third kappa shape index (κ3) is 5.26. The normalized spacial score (nSPS) is 15.6. The monoisotopic (exact) mass is 496 g/mol. The lowest BCUT2D eigenvalue weighted by atomic mass is 10.2. The molecule has 1 aliphatic heterocycles. The van der Waals surface area contributed by atoms with Crippen molar-refractivity contribution in [3.05, 3.63) is 103 Å². The Labute approximate surface area is 211 Å². The van der Waals surface area contributed by atoms with Crippen molar-refractivity contribution in [2.75, 3.05) is 10.2 Å². The molecule has 4 aromatic rings. The summed E-state index contributed by atoms with van der Waals surface area (Å²) >= 11 is 1.32. The minimum absolute atomic E-state index is 0.107. The van der Waals surface area contributed by atoms with Crippen molar-refractivity contribution in [3.63, 3.8) is 0 Å². The summed E-state index contributed by atoms with van der Waals surface area (Å²) in [6.07, 6.45) is 1.54. The van der Waals surface area contributed by atoms with E-state index >= 15 is 0 Å². The maximum Gasteiger partial charge on any atom is 0.291 e. The molecule has 5 rings (SSSR count). The van der Waals surface area contributed by atoms with Gasteiger partial charge < -0.3 is 9.73 Å². The maximum atomic E-state index is 13.0. The van der Waals surface area contributed by atoms with Gasteiger partial charge in [-0.1, -0.05) is 18.2 Å². The van der Waals surface area contributed by atoms with Crippen molar-refractivity contribution in [2.24, 2.45) is 10.2 Å². The van der Waals surface area contributed by atoms with Crippen LogP contribution in [0, 0.1) is 0 Å². The van der Waals surface area contributed by atoms with Crippen LogP contribution in [-0.2, 0) is 9.59 Å². The highest BCUT2D eigenvalue weighted by Crippen LogP contribution is 2.35. The molecule has 0 radical (unpaired) electrons. The first kappa shape index (κ1) is 23.3. The zero-order chi connectivity index (χ0) is 24.9. The second-order valence-corrected chi connectivity index (χ2v) is 9.16. The molecule has 178 valence electrons. The molecular weight excluding hydrogens is 476 g/mol. The van der Waals surface area contributed by atoms with Crippen LogP contribution in [0.5, 0.6) is 0 Å². The molecule has 1 aromatic heterocycles. The lowest BCUT2D eigenvalue weighted by Gasteiger charge is -2.15. The van der Waals surface area contributed by atoms with Gasteiger partial charge in [0.1, 0.15) is 0 Å². The van der Waals surface area contributed by atoms with Gasteiger partial charge in [0.25, 0.3) is 5.91 Å². The quantitative estimate of drug-likeness (QED) is 0.236. The van der Waals surface area contributed by atoms with Gasteiger partial charge in [0.05, 0.1) is 28.6 Å². The van der Waals surface area contributed by atoms with E-state index in [4.69, 9.17) is 4.42 Å². The van der Waals surface area contributed by atoms with Crippen LogP contribution in [0.15, 0.2) is 117 Å². The summed E-state index contributed by atoms with van der Waals surface area (Å²) < 4.78 is 5.09. The molecule has 3 amide bonds. The number of anilines is 2. The summed E-state index contributed by atoms with van der Waals surface area (Å²) in [7, 11) is 0. The highest BCUT2D eigenvalue weighted by molar-refractivity contribution is 8.00. The number of thioether (sulfide) groups is 1. The lowest BCUT2D eigenvalue weighted by molar-refractivity contribution is -0.121. The molecule has 0 spiro atoms. The average Bonchev–Trinajstić information content (AvgIpc) is 3.54. The smallest absolute Gasteiger partial charge is 0.291 e.